The molecule has 0 bridgehead atoms. The molecular weight excluding hydrogens is 236 g/mol. The molecule has 1 atom stereocenters. The zero-order valence-corrected chi connectivity index (χ0v) is 11.9. The van der Waals surface area contributed by atoms with Crippen LogP contribution in [0, 0.1) is 0 Å². The molecule has 0 aromatic heterocycles. The van der Waals surface area contributed by atoms with Crippen molar-refractivity contribution in [3.05, 3.63) is 35.9 Å². The van der Waals surface area contributed by atoms with Gasteiger partial charge in [0.25, 0.3) is 0 Å². The molecule has 1 aromatic carbocycles. The quantitative estimate of drug-likeness (QED) is 0.771. The number of hydrogen-bond acceptors (Lipinski definition) is 3. The summed E-state index contributed by atoms with van der Waals surface area (Å²) in [4.78, 5) is 2.46. The summed E-state index contributed by atoms with van der Waals surface area (Å²) >= 11 is 0. The summed E-state index contributed by atoms with van der Waals surface area (Å²) in [6, 6.07) is 11.0. The van der Waals surface area contributed by atoms with Crippen LogP contribution in [-0.4, -0.2) is 42.3 Å². The van der Waals surface area contributed by atoms with Crippen LogP contribution in [0.15, 0.2) is 30.3 Å². The van der Waals surface area contributed by atoms with E-state index in [-0.39, 0.29) is 6.10 Å². The van der Waals surface area contributed by atoms with Crippen molar-refractivity contribution < 1.29 is 5.11 Å². The van der Waals surface area contributed by atoms with Crippen molar-refractivity contribution in [1.29, 1.82) is 0 Å². The Hall–Kier alpha value is -0.900. The van der Waals surface area contributed by atoms with Crippen molar-refractivity contribution in [2.24, 2.45) is 0 Å². The van der Waals surface area contributed by atoms with E-state index in [0.717, 1.165) is 39.0 Å². The zero-order valence-electron chi connectivity index (χ0n) is 11.9. The largest absolute Gasteiger partial charge is 0.393 e. The Morgan fingerprint density at radius 1 is 1.26 bits per heavy atom. The second-order valence-corrected chi connectivity index (χ2v) is 5.51. The molecule has 106 valence electrons. The molecule has 2 N–H and O–H groups in total. The van der Waals surface area contributed by atoms with Gasteiger partial charge in [0.1, 0.15) is 0 Å². The fraction of sp³-hybridized carbons (Fsp3) is 0.625. The summed E-state index contributed by atoms with van der Waals surface area (Å²) in [6.07, 6.45) is 2.99. The van der Waals surface area contributed by atoms with Crippen LogP contribution in [-0.2, 0) is 0 Å². The minimum atomic E-state index is -0.0625. The molecule has 0 saturated carbocycles. The van der Waals surface area contributed by atoms with Crippen LogP contribution in [0.4, 0.5) is 0 Å². The molecule has 1 aromatic rings. The topological polar surface area (TPSA) is 35.5 Å². The molecule has 0 aliphatic carbocycles. The van der Waals surface area contributed by atoms with Crippen LogP contribution in [0.2, 0.25) is 0 Å². The lowest BCUT2D eigenvalue weighted by molar-refractivity contribution is 0.0820. The van der Waals surface area contributed by atoms with E-state index in [1.807, 2.05) is 0 Å². The molecule has 3 heteroatoms. The Kier molecular flexibility index (Phi) is 5.83. The summed E-state index contributed by atoms with van der Waals surface area (Å²) in [5, 5.41) is 13.0. The van der Waals surface area contributed by atoms with Gasteiger partial charge in [-0.05, 0) is 44.8 Å². The van der Waals surface area contributed by atoms with Crippen molar-refractivity contribution in [3.63, 3.8) is 0 Å². The van der Waals surface area contributed by atoms with Gasteiger partial charge in [0.2, 0.25) is 0 Å². The number of hydrogen-bond donors (Lipinski definition) is 2. The maximum Gasteiger partial charge on any atom is 0.0564 e. The molecule has 0 amide bonds. The summed E-state index contributed by atoms with van der Waals surface area (Å²) < 4.78 is 0. The molecule has 0 radical (unpaired) electrons. The number of aliphatic hydroxyl groups is 1. The monoisotopic (exact) mass is 262 g/mol. The van der Waals surface area contributed by atoms with Crippen molar-refractivity contribution >= 4 is 0 Å². The predicted molar refractivity (Wildman–Crippen MR) is 79.2 cm³/mol. The fourth-order valence-electron chi connectivity index (χ4n) is 2.62. The summed E-state index contributed by atoms with van der Waals surface area (Å²) in [5.41, 5.74) is 1.35. The van der Waals surface area contributed by atoms with Gasteiger partial charge in [0.15, 0.2) is 0 Å². The fourth-order valence-corrected chi connectivity index (χ4v) is 2.62. The van der Waals surface area contributed by atoms with E-state index in [2.05, 4.69) is 47.5 Å². The zero-order chi connectivity index (χ0) is 13.5. The molecule has 2 rings (SSSR count). The minimum absolute atomic E-state index is 0.0625. The molecule has 1 aliphatic rings. The number of nitrogens with one attached hydrogen (secondary N) is 1. The highest BCUT2D eigenvalue weighted by molar-refractivity contribution is 5.17. The molecule has 1 unspecified atom stereocenters. The van der Waals surface area contributed by atoms with Crippen molar-refractivity contribution in [3.8, 4) is 0 Å². The van der Waals surface area contributed by atoms with Gasteiger partial charge in [-0.1, -0.05) is 30.3 Å². The number of likely N-dealkylation sites (tertiary alicyclic amines) is 1. The van der Waals surface area contributed by atoms with Gasteiger partial charge in [-0.3, -0.25) is 0 Å². The van der Waals surface area contributed by atoms with E-state index in [9.17, 15) is 5.11 Å². The Balaban J connectivity index is 1.59. The van der Waals surface area contributed by atoms with E-state index in [1.165, 1.54) is 12.0 Å². The standard InChI is InChI=1S/C16H26N2O/c1-14(15-6-3-2-4-7-15)17-10-5-11-18-12-8-16(19)9-13-18/h2-4,6-7,14,16-17,19H,5,8-13H2,1H3. The Morgan fingerprint density at radius 3 is 2.63 bits per heavy atom. The van der Waals surface area contributed by atoms with E-state index < -0.39 is 0 Å². The van der Waals surface area contributed by atoms with Gasteiger partial charge in [-0.2, -0.15) is 0 Å². The van der Waals surface area contributed by atoms with E-state index in [1.54, 1.807) is 0 Å². The average Bonchev–Trinajstić information content (AvgIpc) is 2.46. The van der Waals surface area contributed by atoms with E-state index in [0.29, 0.717) is 6.04 Å². The third kappa shape index (κ3) is 4.94. The number of benzene rings is 1. The lowest BCUT2D eigenvalue weighted by Gasteiger charge is -2.29. The number of rotatable bonds is 6. The highest BCUT2D eigenvalue weighted by Crippen LogP contribution is 2.12. The van der Waals surface area contributed by atoms with Crippen LogP contribution in [0.3, 0.4) is 0 Å². The lowest BCUT2D eigenvalue weighted by Crippen LogP contribution is -2.37. The third-order valence-corrected chi connectivity index (χ3v) is 3.96. The minimum Gasteiger partial charge on any atom is -0.393 e. The molecular formula is C16H26N2O. The maximum absolute atomic E-state index is 9.46. The SMILES string of the molecule is CC(NCCCN1CCC(O)CC1)c1ccccc1. The van der Waals surface area contributed by atoms with Crippen LogP contribution in [0.1, 0.15) is 37.8 Å². The number of piperidine rings is 1. The normalized spacial score (nSPS) is 19.5. The van der Waals surface area contributed by atoms with Gasteiger partial charge < -0.3 is 15.3 Å². The third-order valence-electron chi connectivity index (χ3n) is 3.96. The first kappa shape index (κ1) is 14.5. The Labute approximate surface area is 116 Å². The van der Waals surface area contributed by atoms with Crippen LogP contribution < -0.4 is 5.32 Å². The van der Waals surface area contributed by atoms with Crippen molar-refractivity contribution in [2.75, 3.05) is 26.2 Å². The highest BCUT2D eigenvalue weighted by atomic mass is 16.3. The van der Waals surface area contributed by atoms with E-state index in [4.69, 9.17) is 0 Å². The predicted octanol–water partition coefficient (Wildman–Crippen LogP) is 2.18. The van der Waals surface area contributed by atoms with Gasteiger partial charge in [0, 0.05) is 19.1 Å². The summed E-state index contributed by atoms with van der Waals surface area (Å²) in [6.45, 7) is 6.51. The van der Waals surface area contributed by atoms with Crippen LogP contribution in [0.25, 0.3) is 0 Å². The second-order valence-electron chi connectivity index (χ2n) is 5.51. The van der Waals surface area contributed by atoms with Crippen molar-refractivity contribution in [1.82, 2.24) is 10.2 Å². The lowest BCUT2D eigenvalue weighted by atomic mass is 10.1. The second kappa shape index (κ2) is 7.63. The maximum atomic E-state index is 9.46. The molecule has 1 fully saturated rings. The summed E-state index contributed by atoms with van der Waals surface area (Å²) in [5.74, 6) is 0. The summed E-state index contributed by atoms with van der Waals surface area (Å²) in [7, 11) is 0. The number of aliphatic hydroxyl groups excluding tert-OH is 1. The van der Waals surface area contributed by atoms with Gasteiger partial charge in [-0.15, -0.1) is 0 Å². The molecule has 19 heavy (non-hydrogen) atoms. The molecule has 1 heterocycles. The molecule has 1 saturated heterocycles. The Morgan fingerprint density at radius 2 is 1.95 bits per heavy atom. The first-order valence-corrected chi connectivity index (χ1v) is 7.44. The molecule has 0 spiro atoms. The van der Waals surface area contributed by atoms with Gasteiger partial charge >= 0.3 is 0 Å². The first-order chi connectivity index (χ1) is 9.25. The average molecular weight is 262 g/mol. The smallest absolute Gasteiger partial charge is 0.0564 e. The molecule has 1 aliphatic heterocycles. The van der Waals surface area contributed by atoms with Crippen molar-refractivity contribution in [2.45, 2.75) is 38.3 Å². The first-order valence-electron chi connectivity index (χ1n) is 7.44. The van der Waals surface area contributed by atoms with Gasteiger partial charge in [-0.25, -0.2) is 0 Å². The van der Waals surface area contributed by atoms with Crippen LogP contribution >= 0.6 is 0 Å². The Bertz CT molecular complexity index is 347. The molecule has 3 nitrogen and oxygen atoms in total. The highest BCUT2D eigenvalue weighted by Gasteiger charge is 2.16. The van der Waals surface area contributed by atoms with E-state index >= 15 is 0 Å². The van der Waals surface area contributed by atoms with Crippen LogP contribution in [0.5, 0.6) is 0 Å². The van der Waals surface area contributed by atoms with Gasteiger partial charge in [0.05, 0.1) is 6.10 Å². The number of nitrogens with zero attached hydrogens (tertiary/aromatic N) is 1.